The van der Waals surface area contributed by atoms with Crippen LogP contribution in [0, 0.1) is 5.92 Å². The number of methoxy groups -OCH3 is 1. The fraction of sp³-hybridized carbons (Fsp3) is 0.348. The van der Waals surface area contributed by atoms with Crippen molar-refractivity contribution in [2.24, 2.45) is 5.92 Å². The van der Waals surface area contributed by atoms with E-state index in [4.69, 9.17) is 9.47 Å². The van der Waals surface area contributed by atoms with Gasteiger partial charge in [0.1, 0.15) is 5.75 Å². The number of esters is 1. The number of para-hydroxylation sites is 1. The van der Waals surface area contributed by atoms with Crippen LogP contribution >= 0.6 is 0 Å². The number of hydrogen-bond acceptors (Lipinski definition) is 5. The molecule has 0 aromatic heterocycles. The molecule has 3 rings (SSSR count). The average molecular weight is 410 g/mol. The molecule has 30 heavy (non-hydrogen) atoms. The Labute approximate surface area is 176 Å². The molecule has 0 saturated carbocycles. The number of likely N-dealkylation sites (tertiary alicyclic amines) is 1. The van der Waals surface area contributed by atoms with Gasteiger partial charge in [-0.3, -0.25) is 14.4 Å². The van der Waals surface area contributed by atoms with E-state index >= 15 is 0 Å². The molecule has 0 radical (unpaired) electrons. The Morgan fingerprint density at radius 3 is 2.57 bits per heavy atom. The molecule has 1 N–H and O–H groups in total. The topological polar surface area (TPSA) is 84.9 Å². The van der Waals surface area contributed by atoms with Gasteiger partial charge in [-0.05, 0) is 18.6 Å². The highest BCUT2D eigenvalue weighted by Crippen LogP contribution is 2.29. The van der Waals surface area contributed by atoms with Gasteiger partial charge in [-0.25, -0.2) is 0 Å². The van der Waals surface area contributed by atoms with E-state index in [1.165, 1.54) is 0 Å². The summed E-state index contributed by atoms with van der Waals surface area (Å²) in [6.07, 6.45) is 0.0961. The minimum absolute atomic E-state index is 0.0890. The van der Waals surface area contributed by atoms with Crippen molar-refractivity contribution in [3.63, 3.8) is 0 Å². The van der Waals surface area contributed by atoms with Gasteiger partial charge in [0.15, 0.2) is 6.61 Å². The Hall–Kier alpha value is -3.35. The molecular formula is C23H26N2O5. The van der Waals surface area contributed by atoms with Crippen molar-refractivity contribution in [1.82, 2.24) is 10.2 Å². The molecule has 1 fully saturated rings. The smallest absolute Gasteiger partial charge is 0.311 e. The molecule has 2 aromatic rings. The van der Waals surface area contributed by atoms with E-state index in [1.807, 2.05) is 55.5 Å². The highest BCUT2D eigenvalue weighted by atomic mass is 16.5. The summed E-state index contributed by atoms with van der Waals surface area (Å²) < 4.78 is 10.4. The second kappa shape index (κ2) is 9.91. The van der Waals surface area contributed by atoms with Crippen LogP contribution in [0.5, 0.6) is 5.75 Å². The maximum absolute atomic E-state index is 12.4. The first-order chi connectivity index (χ1) is 14.5. The molecule has 7 heteroatoms. The number of nitrogens with one attached hydrogen (secondary N) is 1. The van der Waals surface area contributed by atoms with E-state index in [-0.39, 0.29) is 38.1 Å². The Morgan fingerprint density at radius 2 is 1.83 bits per heavy atom. The summed E-state index contributed by atoms with van der Waals surface area (Å²) in [6, 6.07) is 16.9. The monoisotopic (exact) mass is 410 g/mol. The van der Waals surface area contributed by atoms with Crippen molar-refractivity contribution in [3.8, 4) is 5.75 Å². The summed E-state index contributed by atoms with van der Waals surface area (Å²) in [4.78, 5) is 38.5. The predicted molar refractivity (Wildman–Crippen MR) is 110 cm³/mol. The van der Waals surface area contributed by atoms with Crippen LogP contribution in [0.25, 0.3) is 0 Å². The van der Waals surface area contributed by atoms with E-state index in [0.29, 0.717) is 5.75 Å². The van der Waals surface area contributed by atoms with Crippen LogP contribution < -0.4 is 10.1 Å². The standard InChI is InChI=1S/C23H26N2O5/c1-16(17-8-4-3-5-9-17)25-14-19(12-22(25)27)23(28)30-15-21(26)24-13-18-10-6-7-11-20(18)29-2/h3-11,16,19H,12-15H2,1-2H3,(H,24,26)/t16-,19-/m0/s1. The normalized spacial score (nSPS) is 16.8. The largest absolute Gasteiger partial charge is 0.496 e. The van der Waals surface area contributed by atoms with Gasteiger partial charge in [0.25, 0.3) is 5.91 Å². The maximum atomic E-state index is 12.4. The van der Waals surface area contributed by atoms with Crippen LogP contribution in [0.4, 0.5) is 0 Å². The number of carbonyl (C=O) groups is 3. The van der Waals surface area contributed by atoms with Gasteiger partial charge >= 0.3 is 5.97 Å². The Morgan fingerprint density at radius 1 is 1.13 bits per heavy atom. The lowest BCUT2D eigenvalue weighted by Gasteiger charge is -2.25. The highest BCUT2D eigenvalue weighted by Gasteiger charge is 2.38. The third-order valence-electron chi connectivity index (χ3n) is 5.26. The van der Waals surface area contributed by atoms with Gasteiger partial charge in [-0.2, -0.15) is 0 Å². The second-order valence-electron chi connectivity index (χ2n) is 7.23. The van der Waals surface area contributed by atoms with Crippen molar-refractivity contribution in [3.05, 3.63) is 65.7 Å². The quantitative estimate of drug-likeness (QED) is 0.676. The number of hydrogen-bond donors (Lipinski definition) is 1. The van der Waals surface area contributed by atoms with Gasteiger partial charge in [0.05, 0.1) is 19.1 Å². The van der Waals surface area contributed by atoms with Gasteiger partial charge in [0, 0.05) is 25.1 Å². The lowest BCUT2D eigenvalue weighted by molar-refractivity contribution is -0.152. The molecule has 1 heterocycles. The molecule has 158 valence electrons. The summed E-state index contributed by atoms with van der Waals surface area (Å²) in [7, 11) is 1.56. The van der Waals surface area contributed by atoms with Crippen LogP contribution in [0.2, 0.25) is 0 Å². The lowest BCUT2D eigenvalue weighted by Crippen LogP contribution is -2.32. The third-order valence-corrected chi connectivity index (χ3v) is 5.26. The molecule has 2 amide bonds. The number of rotatable bonds is 8. The van der Waals surface area contributed by atoms with Crippen molar-refractivity contribution in [2.75, 3.05) is 20.3 Å². The zero-order valence-corrected chi connectivity index (χ0v) is 17.2. The summed E-state index contributed by atoms with van der Waals surface area (Å²) >= 11 is 0. The fourth-order valence-electron chi connectivity index (χ4n) is 3.52. The van der Waals surface area contributed by atoms with E-state index in [0.717, 1.165) is 11.1 Å². The third kappa shape index (κ3) is 5.17. The number of nitrogens with zero attached hydrogens (tertiary/aromatic N) is 1. The van der Waals surface area contributed by atoms with Crippen LogP contribution in [0.1, 0.15) is 30.5 Å². The van der Waals surface area contributed by atoms with E-state index < -0.39 is 17.8 Å². The number of benzene rings is 2. The molecule has 7 nitrogen and oxygen atoms in total. The number of ether oxygens (including phenoxy) is 2. The van der Waals surface area contributed by atoms with Crippen LogP contribution in [0.15, 0.2) is 54.6 Å². The first-order valence-electron chi connectivity index (χ1n) is 9.89. The Balaban J connectivity index is 1.47. The second-order valence-corrected chi connectivity index (χ2v) is 7.23. The zero-order chi connectivity index (χ0) is 21.5. The van der Waals surface area contributed by atoms with Gasteiger partial charge in [-0.1, -0.05) is 48.5 Å². The van der Waals surface area contributed by atoms with Gasteiger partial charge < -0.3 is 19.7 Å². The molecule has 0 spiro atoms. The van der Waals surface area contributed by atoms with Crippen LogP contribution in [-0.2, 0) is 25.7 Å². The van der Waals surface area contributed by atoms with Crippen molar-refractivity contribution < 1.29 is 23.9 Å². The van der Waals surface area contributed by atoms with Crippen molar-refractivity contribution in [2.45, 2.75) is 25.9 Å². The molecule has 0 unspecified atom stereocenters. The molecule has 2 atom stereocenters. The maximum Gasteiger partial charge on any atom is 0.311 e. The van der Waals surface area contributed by atoms with Crippen molar-refractivity contribution in [1.29, 1.82) is 0 Å². The SMILES string of the molecule is COc1ccccc1CNC(=O)COC(=O)[C@H]1CC(=O)N([C@@H](C)c2ccccc2)C1. The fourth-order valence-corrected chi connectivity index (χ4v) is 3.52. The van der Waals surface area contributed by atoms with Crippen molar-refractivity contribution >= 4 is 17.8 Å². The van der Waals surface area contributed by atoms with Crippen LogP contribution in [-0.4, -0.2) is 42.9 Å². The zero-order valence-electron chi connectivity index (χ0n) is 17.2. The minimum atomic E-state index is -0.564. The average Bonchev–Trinajstić information content (AvgIpc) is 3.17. The van der Waals surface area contributed by atoms with Crippen LogP contribution in [0.3, 0.4) is 0 Å². The summed E-state index contributed by atoms with van der Waals surface area (Å²) in [6.45, 7) is 2.11. The van der Waals surface area contributed by atoms with E-state index in [9.17, 15) is 14.4 Å². The molecule has 1 aliphatic rings. The Bertz CT molecular complexity index is 899. The summed E-state index contributed by atoms with van der Waals surface area (Å²) in [5.41, 5.74) is 1.84. The minimum Gasteiger partial charge on any atom is -0.496 e. The Kier molecular flexibility index (Phi) is 7.06. The summed E-state index contributed by atoms with van der Waals surface area (Å²) in [5.74, 6) is -0.918. The van der Waals surface area contributed by atoms with E-state index in [1.54, 1.807) is 18.1 Å². The molecule has 0 aliphatic carbocycles. The molecule has 1 aliphatic heterocycles. The molecular weight excluding hydrogens is 384 g/mol. The molecule has 0 bridgehead atoms. The van der Waals surface area contributed by atoms with Gasteiger partial charge in [0.2, 0.25) is 5.91 Å². The molecule has 1 saturated heterocycles. The number of carbonyl (C=O) groups excluding carboxylic acids is 3. The van der Waals surface area contributed by atoms with E-state index in [2.05, 4.69) is 5.32 Å². The molecule has 2 aromatic carbocycles. The number of amides is 2. The summed E-state index contributed by atoms with van der Waals surface area (Å²) in [5, 5.41) is 2.70. The highest BCUT2D eigenvalue weighted by molar-refractivity contribution is 5.88. The lowest BCUT2D eigenvalue weighted by atomic mass is 10.1. The first-order valence-corrected chi connectivity index (χ1v) is 9.89. The van der Waals surface area contributed by atoms with Gasteiger partial charge in [-0.15, -0.1) is 0 Å². The first kappa shape index (κ1) is 21.4. The predicted octanol–water partition coefficient (Wildman–Crippen LogP) is 2.46.